The molecule has 1 aromatic heterocycles. The number of aryl methyl sites for hydroxylation is 1. The zero-order valence-corrected chi connectivity index (χ0v) is 19.5. The van der Waals surface area contributed by atoms with E-state index >= 15 is 4.39 Å². The summed E-state index contributed by atoms with van der Waals surface area (Å²) in [5, 5.41) is 10.0. The summed E-state index contributed by atoms with van der Waals surface area (Å²) in [6.07, 6.45) is 7.00. The summed E-state index contributed by atoms with van der Waals surface area (Å²) in [5.74, 6) is -2.19. The number of rotatable bonds is 6. The van der Waals surface area contributed by atoms with E-state index in [-0.39, 0.29) is 28.5 Å². The van der Waals surface area contributed by atoms with E-state index in [1.165, 1.54) is 16.5 Å². The van der Waals surface area contributed by atoms with Gasteiger partial charge in [0.1, 0.15) is 12.1 Å². The monoisotopic (exact) mass is 485 g/mol. The molecule has 2 aliphatic heterocycles. The number of aldehydes is 1. The van der Waals surface area contributed by atoms with Gasteiger partial charge in [0.15, 0.2) is 6.04 Å². The zero-order valence-electron chi connectivity index (χ0n) is 19.5. The van der Waals surface area contributed by atoms with E-state index in [2.05, 4.69) is 4.98 Å². The molecule has 3 aliphatic carbocycles. The molecular formula is C28H24FN3O4. The molecule has 8 heteroatoms. The second-order valence-corrected chi connectivity index (χ2v) is 10.9. The lowest BCUT2D eigenvalue weighted by atomic mass is 9.34. The van der Waals surface area contributed by atoms with Gasteiger partial charge in [-0.2, -0.15) is 0 Å². The van der Waals surface area contributed by atoms with E-state index in [1.54, 1.807) is 12.4 Å². The predicted molar refractivity (Wildman–Crippen MR) is 127 cm³/mol. The summed E-state index contributed by atoms with van der Waals surface area (Å²) >= 11 is 0. The van der Waals surface area contributed by atoms with Crippen LogP contribution in [-0.2, 0) is 34.5 Å². The van der Waals surface area contributed by atoms with Gasteiger partial charge in [0.2, 0.25) is 0 Å². The fourth-order valence-corrected chi connectivity index (χ4v) is 7.00. The number of aliphatic carboxylic acids is 1. The highest BCUT2D eigenvalue weighted by atomic mass is 19.1. The Morgan fingerprint density at radius 1 is 1.14 bits per heavy atom. The minimum absolute atomic E-state index is 0.0955. The van der Waals surface area contributed by atoms with Gasteiger partial charge >= 0.3 is 5.97 Å². The first-order valence-corrected chi connectivity index (χ1v) is 12.3. The van der Waals surface area contributed by atoms with Crippen LogP contribution in [0.1, 0.15) is 64.6 Å². The Bertz CT molecular complexity index is 1450. The number of amides is 1. The van der Waals surface area contributed by atoms with Crippen molar-refractivity contribution in [1.29, 1.82) is 0 Å². The first-order valence-electron chi connectivity index (χ1n) is 12.3. The highest BCUT2D eigenvalue weighted by molar-refractivity contribution is 6.01. The molecule has 1 unspecified atom stereocenters. The van der Waals surface area contributed by atoms with Gasteiger partial charge in [0, 0.05) is 28.8 Å². The smallest absolute Gasteiger partial charge is 0.332 e. The van der Waals surface area contributed by atoms with Crippen LogP contribution in [0, 0.1) is 11.2 Å². The molecule has 0 spiro atoms. The number of hydrogen-bond acceptors (Lipinski definition) is 4. The molecule has 3 fully saturated rings. The van der Waals surface area contributed by atoms with Gasteiger partial charge in [-0.3, -0.25) is 4.79 Å². The van der Waals surface area contributed by atoms with Crippen molar-refractivity contribution < 1.29 is 23.9 Å². The maximum Gasteiger partial charge on any atom is 0.332 e. The number of fused-ring (bicyclic) bond motifs is 2. The van der Waals surface area contributed by atoms with Crippen molar-refractivity contribution in [2.45, 2.75) is 56.7 Å². The highest BCUT2D eigenvalue weighted by Gasteiger charge is 2.68. The van der Waals surface area contributed by atoms with Crippen LogP contribution in [-0.4, -0.2) is 37.7 Å². The average Bonchev–Trinajstić information content (AvgIpc) is 3.50. The Morgan fingerprint density at radius 3 is 2.58 bits per heavy atom. The average molecular weight is 486 g/mol. The number of carboxylic acid groups (broad SMARTS) is 1. The molecule has 0 saturated heterocycles. The SMILES string of the molecule is O=CC12CC(c3ccc(-c4cc(F)c5c(c4)C(=O)N(C(C(=O)O)c4ncn6c4CCC6)C5)cc3)(C1)C2. The van der Waals surface area contributed by atoms with Crippen LogP contribution in [0.2, 0.25) is 0 Å². The zero-order chi connectivity index (χ0) is 24.8. The van der Waals surface area contributed by atoms with Gasteiger partial charge in [0.25, 0.3) is 5.91 Å². The fraction of sp³-hybridized carbons (Fsp3) is 0.357. The second kappa shape index (κ2) is 7.12. The number of halogens is 1. The van der Waals surface area contributed by atoms with E-state index in [0.29, 0.717) is 17.7 Å². The summed E-state index contributed by atoms with van der Waals surface area (Å²) in [6, 6.07) is 9.73. The summed E-state index contributed by atoms with van der Waals surface area (Å²) in [5.41, 5.74) is 4.14. The number of nitrogens with zero attached hydrogens (tertiary/aromatic N) is 3. The minimum Gasteiger partial charge on any atom is -0.479 e. The second-order valence-electron chi connectivity index (χ2n) is 10.9. The lowest BCUT2D eigenvalue weighted by Crippen LogP contribution is -2.65. The molecule has 2 bridgehead atoms. The molecular weight excluding hydrogens is 461 g/mol. The molecule has 0 radical (unpaired) electrons. The number of hydrogen-bond donors (Lipinski definition) is 1. The molecule has 8 rings (SSSR count). The van der Waals surface area contributed by atoms with Crippen LogP contribution in [0.25, 0.3) is 11.1 Å². The lowest BCUT2D eigenvalue weighted by Gasteiger charge is -2.68. The number of carboxylic acids is 1. The van der Waals surface area contributed by atoms with Crippen molar-refractivity contribution >= 4 is 18.2 Å². The fourth-order valence-electron chi connectivity index (χ4n) is 7.00. The van der Waals surface area contributed by atoms with Crippen LogP contribution in [0.15, 0.2) is 42.7 Å². The molecule has 36 heavy (non-hydrogen) atoms. The van der Waals surface area contributed by atoms with Crippen molar-refractivity contribution in [3.8, 4) is 11.1 Å². The molecule has 2 aromatic carbocycles. The molecule has 1 atom stereocenters. The Morgan fingerprint density at radius 2 is 1.89 bits per heavy atom. The quantitative estimate of drug-likeness (QED) is 0.532. The number of imidazole rings is 1. The standard InChI is InChI=1S/C28H24FN3O4/c29-21-9-17(16-3-5-18(6-4-16)28-11-27(12-28,13-28)14-33)8-19-20(21)10-32(25(19)34)24(26(35)36)23-22-2-1-7-31(22)15-30-23/h3-6,8-9,14-15,24H,1-2,7,10-13H2,(H,35,36). The van der Waals surface area contributed by atoms with E-state index in [9.17, 15) is 19.5 Å². The van der Waals surface area contributed by atoms with E-state index in [0.717, 1.165) is 49.8 Å². The summed E-state index contributed by atoms with van der Waals surface area (Å²) in [7, 11) is 0. The molecule has 3 saturated carbocycles. The Kier molecular flexibility index (Phi) is 4.25. The number of aromatic nitrogens is 2. The van der Waals surface area contributed by atoms with E-state index in [1.807, 2.05) is 28.8 Å². The van der Waals surface area contributed by atoms with Gasteiger partial charge < -0.3 is 19.4 Å². The van der Waals surface area contributed by atoms with Crippen molar-refractivity contribution in [3.63, 3.8) is 0 Å². The first-order chi connectivity index (χ1) is 17.3. The van der Waals surface area contributed by atoms with Crippen LogP contribution < -0.4 is 0 Å². The summed E-state index contributed by atoms with van der Waals surface area (Å²) in [6.45, 7) is 0.669. The van der Waals surface area contributed by atoms with Gasteiger partial charge in [-0.25, -0.2) is 14.2 Å². The molecule has 1 N–H and O–H groups in total. The van der Waals surface area contributed by atoms with Gasteiger partial charge in [-0.05, 0) is 66.3 Å². The predicted octanol–water partition coefficient (Wildman–Crippen LogP) is 4.04. The molecule has 3 aromatic rings. The number of carbonyl (C=O) groups excluding carboxylic acids is 2. The summed E-state index contributed by atoms with van der Waals surface area (Å²) in [4.78, 5) is 42.4. The Labute approximate surface area is 206 Å². The van der Waals surface area contributed by atoms with Crippen LogP contribution >= 0.6 is 0 Å². The maximum absolute atomic E-state index is 15.3. The van der Waals surface area contributed by atoms with Crippen LogP contribution in [0.4, 0.5) is 4.39 Å². The molecule has 3 heterocycles. The molecule has 5 aliphatic rings. The van der Waals surface area contributed by atoms with Crippen molar-refractivity contribution in [3.05, 3.63) is 76.6 Å². The largest absolute Gasteiger partial charge is 0.479 e. The minimum atomic E-state index is -1.26. The number of carbonyl (C=O) groups is 3. The third-order valence-corrected chi connectivity index (χ3v) is 8.76. The topological polar surface area (TPSA) is 92.5 Å². The third-order valence-electron chi connectivity index (χ3n) is 8.76. The lowest BCUT2D eigenvalue weighted by molar-refractivity contribution is -0.159. The summed E-state index contributed by atoms with van der Waals surface area (Å²) < 4.78 is 17.2. The normalized spacial score (nSPS) is 26.1. The van der Waals surface area contributed by atoms with Gasteiger partial charge in [0.05, 0.1) is 18.6 Å². The van der Waals surface area contributed by atoms with E-state index in [4.69, 9.17) is 0 Å². The molecule has 1 amide bonds. The van der Waals surface area contributed by atoms with Crippen LogP contribution in [0.5, 0.6) is 0 Å². The number of benzene rings is 2. The highest BCUT2D eigenvalue weighted by Crippen LogP contribution is 2.72. The Balaban J connectivity index is 1.19. The van der Waals surface area contributed by atoms with Crippen molar-refractivity contribution in [2.75, 3.05) is 0 Å². The van der Waals surface area contributed by atoms with Gasteiger partial charge in [-0.15, -0.1) is 0 Å². The molecule has 7 nitrogen and oxygen atoms in total. The van der Waals surface area contributed by atoms with Crippen LogP contribution in [0.3, 0.4) is 0 Å². The first kappa shape index (κ1) is 21.5. The van der Waals surface area contributed by atoms with Gasteiger partial charge in [-0.1, -0.05) is 24.3 Å². The van der Waals surface area contributed by atoms with Crippen molar-refractivity contribution in [2.24, 2.45) is 5.41 Å². The maximum atomic E-state index is 15.3. The van der Waals surface area contributed by atoms with Crippen molar-refractivity contribution in [1.82, 2.24) is 14.5 Å². The third kappa shape index (κ3) is 2.78. The molecule has 182 valence electrons. The Hall–Kier alpha value is -3.81. The van der Waals surface area contributed by atoms with E-state index < -0.39 is 23.7 Å².